The average molecular weight is 388 g/mol. The number of aliphatic imine (C=N–C) groups is 2. The Morgan fingerprint density at radius 3 is 1.63 bits per heavy atom. The van der Waals surface area contributed by atoms with Gasteiger partial charge in [-0.2, -0.15) is 0 Å². The highest BCUT2D eigenvalue weighted by molar-refractivity contribution is 7.67. The van der Waals surface area contributed by atoms with Gasteiger partial charge in [0.05, 0.1) is 12.1 Å². The van der Waals surface area contributed by atoms with E-state index in [1.165, 1.54) is 5.30 Å². The molecule has 5 heteroatoms. The van der Waals surface area contributed by atoms with Crippen LogP contribution < -0.4 is 5.30 Å². The lowest BCUT2D eigenvalue weighted by Gasteiger charge is -2.22. The predicted octanol–water partition coefficient (Wildman–Crippen LogP) is 4.48. The normalized spacial score (nSPS) is 24.1. The van der Waals surface area contributed by atoms with E-state index < -0.39 is 7.92 Å². The summed E-state index contributed by atoms with van der Waals surface area (Å²) in [6.45, 7) is 14.7. The van der Waals surface area contributed by atoms with E-state index in [0.717, 1.165) is 24.1 Å². The maximum absolute atomic E-state index is 5.97. The van der Waals surface area contributed by atoms with E-state index in [9.17, 15) is 0 Å². The molecule has 2 aliphatic heterocycles. The fourth-order valence-corrected chi connectivity index (χ4v) is 5.18. The van der Waals surface area contributed by atoms with Crippen LogP contribution in [-0.4, -0.2) is 49.4 Å². The van der Waals surface area contributed by atoms with Crippen molar-refractivity contribution in [3.63, 3.8) is 0 Å². The fraction of sp³-hybridized carbons (Fsp3) is 0.636. The lowest BCUT2D eigenvalue weighted by atomic mass is 9.88. The second kappa shape index (κ2) is 7.91. The molecular weight excluding hydrogens is 355 g/mol. The number of hydrogen-bond acceptors (Lipinski definition) is 4. The topological polar surface area (TPSA) is 43.2 Å². The third kappa shape index (κ3) is 5.31. The highest BCUT2D eigenvalue weighted by Gasteiger charge is 2.33. The summed E-state index contributed by atoms with van der Waals surface area (Å²) in [6, 6.07) is 11.2. The highest BCUT2D eigenvalue weighted by Crippen LogP contribution is 2.38. The third-order valence-electron chi connectivity index (χ3n) is 5.19. The van der Waals surface area contributed by atoms with E-state index in [4.69, 9.17) is 19.5 Å². The first-order chi connectivity index (χ1) is 12.6. The van der Waals surface area contributed by atoms with E-state index in [-0.39, 0.29) is 22.9 Å². The molecule has 0 saturated heterocycles. The van der Waals surface area contributed by atoms with Crippen molar-refractivity contribution in [2.45, 2.75) is 53.6 Å². The Morgan fingerprint density at radius 1 is 0.815 bits per heavy atom. The Morgan fingerprint density at radius 2 is 1.26 bits per heavy atom. The van der Waals surface area contributed by atoms with Crippen LogP contribution in [0.5, 0.6) is 0 Å². The summed E-state index contributed by atoms with van der Waals surface area (Å²) in [5, 5.41) is 1.35. The second-order valence-electron chi connectivity index (χ2n) is 9.62. The fourth-order valence-electron chi connectivity index (χ4n) is 3.11. The summed E-state index contributed by atoms with van der Waals surface area (Å²) >= 11 is 0. The Labute approximate surface area is 165 Å². The predicted molar refractivity (Wildman–Crippen MR) is 116 cm³/mol. The Balaban J connectivity index is 1.76. The number of rotatable bonds is 5. The van der Waals surface area contributed by atoms with Crippen LogP contribution in [0.3, 0.4) is 0 Å². The molecule has 0 aromatic heterocycles. The second-order valence-corrected chi connectivity index (χ2v) is 11.9. The molecular formula is C22H33N2O2P. The molecule has 1 aromatic carbocycles. The number of hydrogen-bond donors (Lipinski definition) is 0. The van der Waals surface area contributed by atoms with Crippen molar-refractivity contribution in [2.24, 2.45) is 20.8 Å². The minimum atomic E-state index is -0.499. The molecule has 0 saturated carbocycles. The molecule has 27 heavy (non-hydrogen) atoms. The number of ether oxygens (including phenoxy) is 2. The zero-order chi connectivity index (χ0) is 19.7. The maximum Gasteiger partial charge on any atom is 0.188 e. The highest BCUT2D eigenvalue weighted by atomic mass is 31.1. The zero-order valence-electron chi connectivity index (χ0n) is 17.5. The molecule has 1 aromatic rings. The Bertz CT molecular complexity index is 659. The molecule has 0 aliphatic carbocycles. The van der Waals surface area contributed by atoms with Crippen LogP contribution in [-0.2, 0) is 9.47 Å². The van der Waals surface area contributed by atoms with Gasteiger partial charge in [0.1, 0.15) is 13.2 Å². The van der Waals surface area contributed by atoms with Crippen LogP contribution in [0.4, 0.5) is 0 Å². The van der Waals surface area contributed by atoms with Gasteiger partial charge in [0, 0.05) is 12.3 Å². The monoisotopic (exact) mass is 388 g/mol. The quantitative estimate of drug-likeness (QED) is 0.698. The van der Waals surface area contributed by atoms with Gasteiger partial charge in [-0.1, -0.05) is 79.8 Å². The summed E-state index contributed by atoms with van der Waals surface area (Å²) in [4.78, 5) is 9.77. The molecule has 4 nitrogen and oxygen atoms in total. The Hall–Kier alpha value is -1.41. The van der Waals surface area contributed by atoms with E-state index in [1.807, 2.05) is 0 Å². The van der Waals surface area contributed by atoms with Crippen LogP contribution in [0.2, 0.25) is 0 Å². The molecule has 0 amide bonds. The SMILES string of the molecule is CC(C)(C)[C@@H]1COC(CP(CC2=N[C@@H](C(C)(C)C)CO2)c2ccccc2)=N1. The van der Waals surface area contributed by atoms with Gasteiger partial charge >= 0.3 is 0 Å². The number of nitrogens with zero attached hydrogens (tertiary/aromatic N) is 2. The van der Waals surface area contributed by atoms with Gasteiger partial charge in [0.25, 0.3) is 0 Å². The molecule has 148 valence electrons. The van der Waals surface area contributed by atoms with Crippen LogP contribution >= 0.6 is 7.92 Å². The summed E-state index contributed by atoms with van der Waals surface area (Å²) in [7, 11) is -0.499. The van der Waals surface area contributed by atoms with Gasteiger partial charge in [0.15, 0.2) is 11.8 Å². The summed E-state index contributed by atoms with van der Waals surface area (Å²) in [6.07, 6.45) is 1.71. The van der Waals surface area contributed by atoms with Crippen LogP contribution in [0.1, 0.15) is 41.5 Å². The molecule has 0 N–H and O–H groups in total. The third-order valence-corrected chi connectivity index (χ3v) is 7.52. The minimum Gasteiger partial charge on any atom is -0.478 e. The van der Waals surface area contributed by atoms with Gasteiger partial charge in [-0.25, -0.2) is 9.98 Å². The van der Waals surface area contributed by atoms with E-state index >= 15 is 0 Å². The van der Waals surface area contributed by atoms with Gasteiger partial charge in [-0.3, -0.25) is 0 Å². The Kier molecular flexibility index (Phi) is 5.96. The molecule has 0 radical (unpaired) electrons. The molecule has 0 fully saturated rings. The first-order valence-electron chi connectivity index (χ1n) is 9.82. The molecule has 2 heterocycles. The van der Waals surface area contributed by atoms with Crippen LogP contribution in [0.15, 0.2) is 40.3 Å². The van der Waals surface area contributed by atoms with Crippen molar-refractivity contribution in [3.8, 4) is 0 Å². The lowest BCUT2D eigenvalue weighted by molar-refractivity contribution is 0.235. The smallest absolute Gasteiger partial charge is 0.188 e. The minimum absolute atomic E-state index is 0.135. The van der Waals surface area contributed by atoms with Gasteiger partial charge in [0.2, 0.25) is 0 Å². The van der Waals surface area contributed by atoms with Crippen molar-refractivity contribution in [2.75, 3.05) is 25.5 Å². The summed E-state index contributed by atoms with van der Waals surface area (Å²) < 4.78 is 11.9. The van der Waals surface area contributed by atoms with Crippen LogP contribution in [0, 0.1) is 10.8 Å². The molecule has 0 bridgehead atoms. The first kappa shape index (κ1) is 20.3. The summed E-state index contributed by atoms with van der Waals surface area (Å²) in [5.74, 6) is 1.80. The van der Waals surface area contributed by atoms with Crippen molar-refractivity contribution < 1.29 is 9.47 Å². The molecule has 0 spiro atoms. The van der Waals surface area contributed by atoms with Crippen molar-refractivity contribution >= 4 is 25.0 Å². The maximum atomic E-state index is 5.97. The van der Waals surface area contributed by atoms with Crippen molar-refractivity contribution in [1.82, 2.24) is 0 Å². The van der Waals surface area contributed by atoms with E-state index in [2.05, 4.69) is 71.9 Å². The zero-order valence-corrected chi connectivity index (χ0v) is 18.4. The lowest BCUT2D eigenvalue weighted by Crippen LogP contribution is -2.25. The van der Waals surface area contributed by atoms with Gasteiger partial charge < -0.3 is 9.47 Å². The molecule has 1 unspecified atom stereocenters. The van der Waals surface area contributed by atoms with E-state index in [1.54, 1.807) is 0 Å². The van der Waals surface area contributed by atoms with Crippen molar-refractivity contribution in [3.05, 3.63) is 30.3 Å². The molecule has 3 rings (SSSR count). The van der Waals surface area contributed by atoms with Crippen LogP contribution in [0.25, 0.3) is 0 Å². The average Bonchev–Trinajstić information content (AvgIpc) is 3.24. The molecule has 2 aliphatic rings. The van der Waals surface area contributed by atoms with Gasteiger partial charge in [-0.15, -0.1) is 0 Å². The van der Waals surface area contributed by atoms with E-state index in [0.29, 0.717) is 13.2 Å². The largest absolute Gasteiger partial charge is 0.478 e. The van der Waals surface area contributed by atoms with Gasteiger partial charge in [-0.05, 0) is 16.1 Å². The first-order valence-corrected chi connectivity index (χ1v) is 11.5. The van der Waals surface area contributed by atoms with Crippen molar-refractivity contribution in [1.29, 1.82) is 0 Å². The summed E-state index contributed by atoms with van der Waals surface area (Å²) in [5.41, 5.74) is 0.270. The number of benzene rings is 1. The standard InChI is InChI=1S/C22H33N2O2P/c1-21(2,3)17-12-25-19(23-17)14-27(16-10-8-7-9-11-16)15-20-24-18(13-26-20)22(4,5)6/h7-11,17-18H,12-15H2,1-6H3/t17-,18+,27?. The molecule has 3 atom stereocenters.